The van der Waals surface area contributed by atoms with Crippen LogP contribution in [-0.2, 0) is 54.7 Å². The first kappa shape index (κ1) is 55.7. The van der Waals surface area contributed by atoms with Crippen molar-refractivity contribution in [1.82, 2.24) is 45.3 Å². The van der Waals surface area contributed by atoms with Gasteiger partial charge in [0, 0.05) is 98.7 Å². The van der Waals surface area contributed by atoms with Gasteiger partial charge in [-0.2, -0.15) is 0 Å². The maximum Gasteiger partial charge on any atom is 0.324 e. The van der Waals surface area contributed by atoms with E-state index in [1.165, 1.54) is 17.9 Å². The smallest absolute Gasteiger partial charge is 0.324 e. The molecule has 7 aliphatic heterocycles. The van der Waals surface area contributed by atoms with Gasteiger partial charge in [0.05, 0.1) is 55.2 Å². The summed E-state index contributed by atoms with van der Waals surface area (Å²) in [6.07, 6.45) is 12.0. The van der Waals surface area contributed by atoms with E-state index in [4.69, 9.17) is 14.5 Å². The van der Waals surface area contributed by atoms with E-state index >= 15 is 14.0 Å². The number of benzene rings is 2. The molecule has 3 amide bonds. The molecule has 82 heavy (non-hydrogen) atoms. The van der Waals surface area contributed by atoms with E-state index in [0.29, 0.717) is 62.5 Å². The van der Waals surface area contributed by atoms with Gasteiger partial charge in [0.15, 0.2) is 0 Å². The number of aryl methyl sites for hydroxylation is 1. The second-order valence-electron chi connectivity index (χ2n) is 27.2. The average Bonchev–Trinajstić information content (AvgIpc) is 4.46. The quantitative estimate of drug-likeness (QED) is 0.101. The number of morpholine rings is 1. The van der Waals surface area contributed by atoms with E-state index in [-0.39, 0.29) is 54.0 Å². The summed E-state index contributed by atoms with van der Waals surface area (Å²) < 4.78 is 30.1. The summed E-state index contributed by atoms with van der Waals surface area (Å²) in [6, 6.07) is 13.1. The van der Waals surface area contributed by atoms with Gasteiger partial charge in [-0.05, 0) is 141 Å². The lowest BCUT2D eigenvalue weighted by molar-refractivity contribution is -0.155. The number of halogens is 1. The van der Waals surface area contributed by atoms with Crippen molar-refractivity contribution in [2.45, 2.75) is 167 Å². The van der Waals surface area contributed by atoms with Gasteiger partial charge >= 0.3 is 5.97 Å². The second-order valence-corrected chi connectivity index (χ2v) is 27.2. The highest BCUT2D eigenvalue weighted by atomic mass is 19.1. The number of nitrogens with zero attached hydrogens (tertiary/aromatic N) is 7. The molecule has 8 fully saturated rings. The van der Waals surface area contributed by atoms with Gasteiger partial charge in [-0.25, -0.2) is 9.82 Å². The fourth-order valence-corrected chi connectivity index (χ4v) is 15.8. The summed E-state index contributed by atoms with van der Waals surface area (Å²) in [4.78, 5) is 73.4. The predicted molar refractivity (Wildman–Crippen MR) is 315 cm³/mol. The summed E-state index contributed by atoms with van der Waals surface area (Å²) in [5.74, 6) is 0.216. The van der Waals surface area contributed by atoms with E-state index < -0.39 is 36.2 Å². The largest absolute Gasteiger partial charge is 0.464 e. The molecule has 2 aromatic carbocycles. The number of nitrogens with one attached hydrogen (secondary N) is 3. The molecule has 17 heteroatoms. The number of aromatic nitrogens is 2. The van der Waals surface area contributed by atoms with Crippen LogP contribution in [0.1, 0.15) is 127 Å². The zero-order valence-electron chi connectivity index (χ0n) is 49.2. The number of hydrogen-bond acceptors (Lipinski definition) is 12. The minimum atomic E-state index is -1.02. The van der Waals surface area contributed by atoms with Gasteiger partial charge in [-0.15, -0.1) is 0 Å². The Labute approximate surface area is 483 Å². The van der Waals surface area contributed by atoms with Crippen LogP contribution in [-0.4, -0.2) is 168 Å². The molecule has 2 saturated carbocycles. The number of cyclic esters (lactones) is 1. The Kier molecular flexibility index (Phi) is 15.3. The normalized spacial score (nSPS) is 28.7. The molecular formula is C65H87FN10O6. The number of carbonyl (C=O) groups excluding carboxylic acids is 4. The zero-order valence-corrected chi connectivity index (χ0v) is 49.2. The number of amides is 3. The van der Waals surface area contributed by atoms with Crippen molar-refractivity contribution < 1.29 is 33.0 Å². The first-order valence-electron chi connectivity index (χ1n) is 31.4. The molecule has 6 bridgehead atoms. The molecule has 16 nitrogen and oxygen atoms in total. The Morgan fingerprint density at radius 2 is 1.74 bits per heavy atom. The maximum atomic E-state index is 15.4. The van der Waals surface area contributed by atoms with Crippen molar-refractivity contribution in [3.05, 3.63) is 71.0 Å². The van der Waals surface area contributed by atoms with Crippen LogP contribution in [0.15, 0.2) is 48.7 Å². The molecular weight excluding hydrogens is 1040 g/mol. The highest BCUT2D eigenvalue weighted by molar-refractivity contribution is 5.96. The first-order chi connectivity index (χ1) is 39.6. The Bertz CT molecular complexity index is 3100. The van der Waals surface area contributed by atoms with E-state index in [2.05, 4.69) is 105 Å². The van der Waals surface area contributed by atoms with Crippen LogP contribution >= 0.6 is 0 Å². The molecule has 440 valence electrons. The molecule has 2 aromatic heterocycles. The zero-order chi connectivity index (χ0) is 56.6. The molecule has 13 rings (SSSR count). The number of hydrogen-bond donors (Lipinski definition) is 3. The molecule has 7 atom stereocenters. The lowest BCUT2D eigenvalue weighted by Gasteiger charge is -2.44. The number of fused-ring (bicyclic) bond motifs is 7. The van der Waals surface area contributed by atoms with Crippen molar-refractivity contribution in [2.75, 3.05) is 83.6 Å². The molecule has 9 aliphatic rings. The molecule has 0 radical (unpaired) electrons. The van der Waals surface area contributed by atoms with Crippen LogP contribution in [0.3, 0.4) is 0 Å². The third kappa shape index (κ3) is 11.0. The molecule has 4 aromatic rings. The SMILES string of the molecule is CCn1c(-c2cc(N3CCN4CCOC[C@@H]4C3)cnc2C(C)C)c2c3cc(ccc31)-c1cc(CF)cc(c1)C[C@H](NC(=O)[C@H](C1CCCC1)N1CC[C@]3(CCN(C(=O)[C@@H]4N[C@@H]4C4CC4)C3)C1)C(=O)N1CCC[C@H](N1)C(=O)OCC(C)(C)C2. The number of likely N-dealkylation sites (tertiary alicyclic amines) is 2. The Morgan fingerprint density at radius 3 is 2.54 bits per heavy atom. The summed E-state index contributed by atoms with van der Waals surface area (Å²) in [5, 5.41) is 9.41. The molecule has 2 aliphatic carbocycles. The first-order valence-corrected chi connectivity index (χ1v) is 31.4. The molecule has 0 unspecified atom stereocenters. The third-order valence-corrected chi connectivity index (χ3v) is 20.3. The minimum Gasteiger partial charge on any atom is -0.464 e. The van der Waals surface area contributed by atoms with Gasteiger partial charge in [-0.1, -0.05) is 58.7 Å². The van der Waals surface area contributed by atoms with Crippen molar-refractivity contribution in [3.63, 3.8) is 0 Å². The van der Waals surface area contributed by atoms with Gasteiger partial charge in [0.25, 0.3) is 5.91 Å². The Morgan fingerprint density at radius 1 is 0.915 bits per heavy atom. The van der Waals surface area contributed by atoms with E-state index in [1.54, 1.807) is 0 Å². The number of carbonyl (C=O) groups is 4. The van der Waals surface area contributed by atoms with Crippen molar-refractivity contribution in [3.8, 4) is 22.4 Å². The van der Waals surface area contributed by atoms with Crippen molar-refractivity contribution in [1.29, 1.82) is 0 Å². The number of hydrazine groups is 1. The fraction of sp³-hybridized carbons (Fsp3) is 0.646. The number of esters is 1. The monoisotopic (exact) mass is 1120 g/mol. The standard InChI is InChI=1S/C65H87FN10O6/c1-6-75-54-16-15-45-30-49(54)51(59(75)50-31-47(34-67-55(50)40(2)3)72-23-22-71-24-25-81-36-48(71)35-72)32-64(4,5)39-82-63(80)52-12-9-19-76(70-52)61(78)53(29-41-26-42(33-66)28-46(45)27-41)68-60(77)58(44-10-7-8-11-44)73-20-17-65(37-73)18-21-74(38-65)62(79)57-56(69-57)43-13-14-43/h15-16,26-28,30-31,34,40,43-44,48,52-53,56-58,69-70H,6-14,17-25,29,32-33,35-39H2,1-5H3,(H,68,77)/t48-,52-,53-,56+,57+,58-,65-/m0/s1. The topological polar surface area (TPSA) is 167 Å². The summed E-state index contributed by atoms with van der Waals surface area (Å²) in [7, 11) is 0. The van der Waals surface area contributed by atoms with E-state index in [9.17, 15) is 9.59 Å². The highest BCUT2D eigenvalue weighted by Gasteiger charge is 2.55. The van der Waals surface area contributed by atoms with Crippen LogP contribution in [0.25, 0.3) is 33.3 Å². The predicted octanol–water partition coefficient (Wildman–Crippen LogP) is 7.39. The number of alkyl halides is 1. The maximum absolute atomic E-state index is 15.4. The van der Waals surface area contributed by atoms with E-state index in [1.807, 2.05) is 18.3 Å². The number of rotatable bonds is 11. The number of pyridine rings is 1. The molecule has 6 saturated heterocycles. The van der Waals surface area contributed by atoms with Gasteiger partial charge < -0.3 is 29.2 Å². The third-order valence-electron chi connectivity index (χ3n) is 20.3. The van der Waals surface area contributed by atoms with Crippen LogP contribution < -0.4 is 21.0 Å². The summed E-state index contributed by atoms with van der Waals surface area (Å²) in [6.45, 7) is 19.6. The van der Waals surface area contributed by atoms with Crippen LogP contribution in [0.2, 0.25) is 0 Å². The van der Waals surface area contributed by atoms with Crippen LogP contribution in [0, 0.1) is 22.7 Å². The van der Waals surface area contributed by atoms with Gasteiger partial charge in [0.2, 0.25) is 11.8 Å². The Balaban J connectivity index is 0.852. The summed E-state index contributed by atoms with van der Waals surface area (Å²) in [5.41, 5.74) is 12.2. The molecule has 9 heterocycles. The van der Waals surface area contributed by atoms with Crippen molar-refractivity contribution >= 4 is 40.3 Å². The lowest BCUT2D eigenvalue weighted by atomic mass is 9.83. The number of ether oxygens (including phenoxy) is 2. The highest BCUT2D eigenvalue weighted by Crippen LogP contribution is 2.47. The van der Waals surface area contributed by atoms with Crippen LogP contribution in [0.5, 0.6) is 0 Å². The molecule has 1 spiro atoms. The fourth-order valence-electron chi connectivity index (χ4n) is 15.8. The minimum absolute atomic E-state index is 0.0463. The lowest BCUT2D eigenvalue weighted by Crippen LogP contribution is -2.62. The van der Waals surface area contributed by atoms with Crippen LogP contribution in [0.4, 0.5) is 10.1 Å². The average molecular weight is 1120 g/mol. The number of anilines is 1. The van der Waals surface area contributed by atoms with E-state index in [0.717, 1.165) is 153 Å². The second kappa shape index (κ2) is 22.5. The van der Waals surface area contributed by atoms with Gasteiger partial charge in [-0.3, -0.25) is 44.3 Å². The van der Waals surface area contributed by atoms with Gasteiger partial charge in [0.1, 0.15) is 24.8 Å². The molecule has 3 N–H and O–H groups in total. The van der Waals surface area contributed by atoms with Crippen molar-refractivity contribution in [2.24, 2.45) is 22.7 Å². The Hall–Kier alpha value is -5.46. The number of piperazine rings is 1. The summed E-state index contributed by atoms with van der Waals surface area (Å²) >= 11 is 0.